The predicted octanol–water partition coefficient (Wildman–Crippen LogP) is 1.75. The number of carbonyl (C=O) groups is 1. The second kappa shape index (κ2) is 7.10. The van der Waals surface area contributed by atoms with Crippen molar-refractivity contribution in [2.24, 2.45) is 0 Å². The molecular weight excluding hydrogens is 228 g/mol. The van der Waals surface area contributed by atoms with E-state index in [1.807, 2.05) is 6.92 Å². The van der Waals surface area contributed by atoms with Crippen molar-refractivity contribution in [3.05, 3.63) is 0 Å². The molecule has 1 fully saturated rings. The number of nitrogens with zero attached hydrogens (tertiary/aromatic N) is 2. The van der Waals surface area contributed by atoms with Gasteiger partial charge in [0.2, 0.25) is 0 Å². The van der Waals surface area contributed by atoms with Crippen LogP contribution in [0.4, 0.5) is 0 Å². The summed E-state index contributed by atoms with van der Waals surface area (Å²) >= 11 is 0. The molecule has 4 nitrogen and oxygen atoms in total. The Balaban J connectivity index is 2.39. The van der Waals surface area contributed by atoms with Gasteiger partial charge in [0.1, 0.15) is 0 Å². The van der Waals surface area contributed by atoms with Crippen molar-refractivity contribution in [3.63, 3.8) is 0 Å². The summed E-state index contributed by atoms with van der Waals surface area (Å²) in [6.07, 6.45) is 2.36. The van der Waals surface area contributed by atoms with Crippen molar-refractivity contribution in [2.45, 2.75) is 46.1 Å². The van der Waals surface area contributed by atoms with Crippen LogP contribution in [0.15, 0.2) is 0 Å². The predicted molar refractivity (Wildman–Crippen MR) is 73.6 cm³/mol. The van der Waals surface area contributed by atoms with E-state index in [1.165, 1.54) is 12.8 Å². The highest BCUT2D eigenvalue weighted by atomic mass is 16.5. The Bertz CT molecular complexity index is 257. The molecule has 1 rings (SSSR count). The molecule has 0 aromatic carbocycles. The van der Waals surface area contributed by atoms with Gasteiger partial charge in [0.15, 0.2) is 0 Å². The maximum atomic E-state index is 11.4. The first-order chi connectivity index (χ1) is 8.55. The summed E-state index contributed by atoms with van der Waals surface area (Å²) in [6, 6.07) is 0. The quantitative estimate of drug-likeness (QED) is 0.678. The van der Waals surface area contributed by atoms with Crippen LogP contribution in [0, 0.1) is 0 Å². The van der Waals surface area contributed by atoms with Crippen LogP contribution in [0.3, 0.4) is 0 Å². The summed E-state index contributed by atoms with van der Waals surface area (Å²) in [5.74, 6) is -0.0975. The molecule has 0 N–H and O–H groups in total. The molecule has 0 aliphatic carbocycles. The molecule has 1 aliphatic heterocycles. The second-order valence-corrected chi connectivity index (χ2v) is 5.27. The smallest absolute Gasteiger partial charge is 0.320 e. The Morgan fingerprint density at radius 2 is 1.67 bits per heavy atom. The van der Waals surface area contributed by atoms with Crippen LogP contribution in [0.1, 0.15) is 40.5 Å². The van der Waals surface area contributed by atoms with Crippen molar-refractivity contribution in [2.75, 3.05) is 39.3 Å². The summed E-state index contributed by atoms with van der Waals surface area (Å²) < 4.78 is 4.99. The molecule has 0 bridgehead atoms. The normalized spacial score (nSPS) is 18.9. The van der Waals surface area contributed by atoms with E-state index in [1.54, 1.807) is 0 Å². The Labute approximate surface area is 111 Å². The molecule has 4 heteroatoms. The van der Waals surface area contributed by atoms with Gasteiger partial charge in [-0.25, -0.2) is 0 Å². The summed E-state index contributed by atoms with van der Waals surface area (Å²) in [4.78, 5) is 16.2. The van der Waals surface area contributed by atoms with Crippen LogP contribution in [0.2, 0.25) is 0 Å². The largest absolute Gasteiger partial charge is 0.465 e. The average Bonchev–Trinajstić information content (AvgIpc) is 2.39. The number of hydrogen-bond acceptors (Lipinski definition) is 4. The van der Waals surface area contributed by atoms with Crippen LogP contribution >= 0.6 is 0 Å². The summed E-state index contributed by atoms with van der Waals surface area (Å²) in [6.45, 7) is 13.7. The van der Waals surface area contributed by atoms with Crippen molar-refractivity contribution in [1.29, 1.82) is 0 Å². The fourth-order valence-corrected chi connectivity index (χ4v) is 2.53. The number of rotatable bonds is 6. The highest BCUT2D eigenvalue weighted by Crippen LogP contribution is 2.24. The molecule has 0 radical (unpaired) electrons. The molecule has 0 saturated carbocycles. The van der Waals surface area contributed by atoms with Gasteiger partial charge < -0.3 is 4.74 Å². The van der Waals surface area contributed by atoms with Crippen LogP contribution in [-0.4, -0.2) is 60.6 Å². The standard InChI is InChI=1S/C14H28N2O2/c1-5-14(4,6-2)16-10-8-15(9-11-16)12-13(17)18-7-3/h5-12H2,1-4H3. The lowest BCUT2D eigenvalue weighted by Gasteiger charge is -2.45. The lowest BCUT2D eigenvalue weighted by atomic mass is 9.92. The van der Waals surface area contributed by atoms with Crippen LogP contribution in [-0.2, 0) is 9.53 Å². The zero-order chi connectivity index (χ0) is 13.6. The van der Waals surface area contributed by atoms with Gasteiger partial charge >= 0.3 is 5.97 Å². The summed E-state index contributed by atoms with van der Waals surface area (Å²) in [7, 11) is 0. The molecular formula is C14H28N2O2. The van der Waals surface area contributed by atoms with E-state index >= 15 is 0 Å². The highest BCUT2D eigenvalue weighted by Gasteiger charge is 2.31. The lowest BCUT2D eigenvalue weighted by molar-refractivity contribution is -0.145. The summed E-state index contributed by atoms with van der Waals surface area (Å²) in [5, 5.41) is 0. The van der Waals surface area contributed by atoms with Gasteiger partial charge in [0, 0.05) is 31.7 Å². The van der Waals surface area contributed by atoms with Gasteiger partial charge in [-0.2, -0.15) is 0 Å². The molecule has 1 aliphatic rings. The van der Waals surface area contributed by atoms with Crippen molar-refractivity contribution >= 4 is 5.97 Å². The van der Waals surface area contributed by atoms with Gasteiger partial charge in [0.25, 0.3) is 0 Å². The zero-order valence-corrected chi connectivity index (χ0v) is 12.4. The average molecular weight is 256 g/mol. The van der Waals surface area contributed by atoms with Gasteiger partial charge in [-0.15, -0.1) is 0 Å². The minimum absolute atomic E-state index is 0.0975. The summed E-state index contributed by atoms with van der Waals surface area (Å²) in [5.41, 5.74) is 0.315. The van der Waals surface area contributed by atoms with Crippen molar-refractivity contribution in [3.8, 4) is 0 Å². The zero-order valence-electron chi connectivity index (χ0n) is 12.4. The monoisotopic (exact) mass is 256 g/mol. The molecule has 1 heterocycles. The number of hydrogen-bond donors (Lipinski definition) is 0. The fourth-order valence-electron chi connectivity index (χ4n) is 2.53. The molecule has 0 amide bonds. The van der Waals surface area contributed by atoms with E-state index in [9.17, 15) is 4.79 Å². The lowest BCUT2D eigenvalue weighted by Crippen LogP contribution is -2.56. The van der Waals surface area contributed by atoms with Gasteiger partial charge in [-0.3, -0.25) is 14.6 Å². The molecule has 0 unspecified atom stereocenters. The minimum atomic E-state index is -0.0975. The first-order valence-corrected chi connectivity index (χ1v) is 7.18. The molecule has 0 spiro atoms. The Hall–Kier alpha value is -0.610. The van der Waals surface area contributed by atoms with E-state index in [-0.39, 0.29) is 5.97 Å². The van der Waals surface area contributed by atoms with E-state index in [0.717, 1.165) is 26.2 Å². The first-order valence-electron chi connectivity index (χ1n) is 7.18. The van der Waals surface area contributed by atoms with Crippen LogP contribution in [0.5, 0.6) is 0 Å². The maximum Gasteiger partial charge on any atom is 0.320 e. The van der Waals surface area contributed by atoms with E-state index in [4.69, 9.17) is 4.74 Å². The number of ether oxygens (including phenoxy) is 1. The highest BCUT2D eigenvalue weighted by molar-refractivity contribution is 5.71. The minimum Gasteiger partial charge on any atom is -0.465 e. The second-order valence-electron chi connectivity index (χ2n) is 5.27. The molecule has 0 atom stereocenters. The van der Waals surface area contributed by atoms with Gasteiger partial charge in [0.05, 0.1) is 13.2 Å². The molecule has 106 valence electrons. The number of carbonyl (C=O) groups excluding carboxylic acids is 1. The first kappa shape index (κ1) is 15.4. The van der Waals surface area contributed by atoms with Gasteiger partial charge in [-0.05, 0) is 26.7 Å². The fraction of sp³-hybridized carbons (Fsp3) is 0.929. The third kappa shape index (κ3) is 3.95. The molecule has 18 heavy (non-hydrogen) atoms. The Morgan fingerprint density at radius 3 is 2.11 bits per heavy atom. The van der Waals surface area contributed by atoms with Gasteiger partial charge in [-0.1, -0.05) is 13.8 Å². The van der Waals surface area contributed by atoms with E-state index in [2.05, 4.69) is 30.6 Å². The Morgan fingerprint density at radius 1 is 1.11 bits per heavy atom. The molecule has 0 aromatic heterocycles. The third-order valence-corrected chi connectivity index (χ3v) is 4.32. The van der Waals surface area contributed by atoms with E-state index < -0.39 is 0 Å². The Kier molecular flexibility index (Phi) is 6.09. The molecule has 0 aromatic rings. The third-order valence-electron chi connectivity index (χ3n) is 4.32. The topological polar surface area (TPSA) is 32.8 Å². The number of esters is 1. The SMILES string of the molecule is CCOC(=O)CN1CCN(C(C)(CC)CC)CC1. The van der Waals surface area contributed by atoms with Crippen molar-refractivity contribution < 1.29 is 9.53 Å². The van der Waals surface area contributed by atoms with E-state index in [0.29, 0.717) is 18.7 Å². The van der Waals surface area contributed by atoms with Crippen molar-refractivity contribution in [1.82, 2.24) is 9.80 Å². The van der Waals surface area contributed by atoms with Crippen LogP contribution < -0.4 is 0 Å². The van der Waals surface area contributed by atoms with Crippen LogP contribution in [0.25, 0.3) is 0 Å². The maximum absolute atomic E-state index is 11.4. The molecule has 1 saturated heterocycles. The number of piperazine rings is 1.